The molecule has 2 heterocycles. The molecule has 0 aromatic carbocycles. The molecule has 0 atom stereocenters. The summed E-state index contributed by atoms with van der Waals surface area (Å²) in [5, 5.41) is 0. The zero-order valence-electron chi connectivity index (χ0n) is 7.04. The van der Waals surface area contributed by atoms with Crippen LogP contribution in [0.3, 0.4) is 0 Å². The molecule has 70 valence electrons. The van der Waals surface area contributed by atoms with Gasteiger partial charge in [0.2, 0.25) is 10.7 Å². The van der Waals surface area contributed by atoms with Crippen molar-refractivity contribution in [3.8, 4) is 0 Å². The van der Waals surface area contributed by atoms with E-state index in [0.29, 0.717) is 9.54 Å². The van der Waals surface area contributed by atoms with Crippen LogP contribution in [0.25, 0.3) is 0 Å². The number of hydrogen-bond donors (Lipinski definition) is 2. The van der Waals surface area contributed by atoms with Gasteiger partial charge >= 0.3 is 0 Å². The van der Waals surface area contributed by atoms with Crippen LogP contribution in [0.5, 0.6) is 0 Å². The van der Waals surface area contributed by atoms with Crippen LogP contribution >= 0.6 is 24.4 Å². The summed E-state index contributed by atoms with van der Waals surface area (Å²) in [5.41, 5.74) is 0. The molecule has 0 amide bonds. The summed E-state index contributed by atoms with van der Waals surface area (Å²) in [6.45, 7) is 2.08. The monoisotopic (exact) mass is 214 g/mol. The average Bonchev–Trinajstić information content (AvgIpc) is 2.53. The lowest BCUT2D eigenvalue weighted by molar-refractivity contribution is 0.866. The summed E-state index contributed by atoms with van der Waals surface area (Å²) in [5.74, 6) is 0.797. The third kappa shape index (κ3) is 1.94. The van der Waals surface area contributed by atoms with Crippen LogP contribution in [0, 0.1) is 9.54 Å². The topological polar surface area (TPSA) is 47.7 Å². The number of aromatic amines is 2. The van der Waals surface area contributed by atoms with E-state index >= 15 is 0 Å². The molecule has 2 N–H and O–H groups in total. The molecule has 2 rings (SSSR count). The highest BCUT2D eigenvalue weighted by Crippen LogP contribution is 2.13. The molecular formula is C7H10N4S2. The highest BCUT2D eigenvalue weighted by Gasteiger charge is 2.13. The fourth-order valence-corrected chi connectivity index (χ4v) is 1.90. The van der Waals surface area contributed by atoms with Gasteiger partial charge in [-0.25, -0.2) is 0 Å². The van der Waals surface area contributed by atoms with E-state index in [1.807, 2.05) is 0 Å². The van der Waals surface area contributed by atoms with Crippen LogP contribution in [0.15, 0.2) is 0 Å². The predicted octanol–water partition coefficient (Wildman–Crippen LogP) is 1.80. The van der Waals surface area contributed by atoms with Gasteiger partial charge in [-0.2, -0.15) is 4.98 Å². The van der Waals surface area contributed by atoms with Crippen molar-refractivity contribution in [1.82, 2.24) is 15.0 Å². The van der Waals surface area contributed by atoms with Crippen molar-refractivity contribution in [1.29, 1.82) is 0 Å². The predicted molar refractivity (Wildman–Crippen MR) is 56.1 cm³/mol. The Kier molecular flexibility index (Phi) is 2.41. The van der Waals surface area contributed by atoms with Crippen LogP contribution in [0.2, 0.25) is 0 Å². The number of H-pyrrole nitrogens is 2. The van der Waals surface area contributed by atoms with Gasteiger partial charge in [0.15, 0.2) is 4.77 Å². The van der Waals surface area contributed by atoms with E-state index in [0.717, 1.165) is 19.0 Å². The maximum absolute atomic E-state index is 4.98. The molecule has 13 heavy (non-hydrogen) atoms. The summed E-state index contributed by atoms with van der Waals surface area (Å²) in [7, 11) is 0. The quantitative estimate of drug-likeness (QED) is 0.700. The molecule has 0 radical (unpaired) electrons. The molecule has 0 bridgehead atoms. The van der Waals surface area contributed by atoms with E-state index in [4.69, 9.17) is 24.4 Å². The Morgan fingerprint density at radius 2 is 1.85 bits per heavy atom. The Hall–Kier alpha value is -0.750. The number of rotatable bonds is 1. The molecule has 1 aromatic heterocycles. The van der Waals surface area contributed by atoms with E-state index in [-0.39, 0.29) is 0 Å². The number of hydrogen-bond acceptors (Lipinski definition) is 4. The van der Waals surface area contributed by atoms with Crippen LogP contribution in [-0.4, -0.2) is 28.0 Å². The van der Waals surface area contributed by atoms with Gasteiger partial charge in [0.1, 0.15) is 0 Å². The standard InChI is InChI=1S/C7H10N4S2/c12-6-8-5(9-7(13)10-6)11-3-1-2-4-11/h1-4H2,(H2,8,9,10,12,13). The largest absolute Gasteiger partial charge is 0.342 e. The van der Waals surface area contributed by atoms with Crippen molar-refractivity contribution in [2.45, 2.75) is 12.8 Å². The molecule has 0 aliphatic carbocycles. The van der Waals surface area contributed by atoms with Crippen molar-refractivity contribution < 1.29 is 0 Å². The van der Waals surface area contributed by atoms with E-state index in [9.17, 15) is 0 Å². The third-order valence-corrected chi connectivity index (χ3v) is 2.46. The molecule has 1 saturated heterocycles. The Morgan fingerprint density at radius 3 is 2.46 bits per heavy atom. The van der Waals surface area contributed by atoms with E-state index in [1.165, 1.54) is 12.8 Å². The second-order valence-corrected chi connectivity index (χ2v) is 3.81. The van der Waals surface area contributed by atoms with Crippen LogP contribution in [0.1, 0.15) is 12.8 Å². The molecule has 6 heteroatoms. The molecule has 4 nitrogen and oxygen atoms in total. The Morgan fingerprint density at radius 1 is 1.15 bits per heavy atom. The van der Waals surface area contributed by atoms with E-state index in [2.05, 4.69) is 19.9 Å². The molecule has 1 fully saturated rings. The van der Waals surface area contributed by atoms with Gasteiger partial charge < -0.3 is 14.9 Å². The van der Waals surface area contributed by atoms with E-state index in [1.54, 1.807) is 0 Å². The molecule has 0 unspecified atom stereocenters. The van der Waals surface area contributed by atoms with Gasteiger partial charge in [0.05, 0.1) is 0 Å². The summed E-state index contributed by atoms with van der Waals surface area (Å²) < 4.78 is 0.993. The third-order valence-electron chi connectivity index (χ3n) is 2.06. The highest BCUT2D eigenvalue weighted by atomic mass is 32.1. The smallest absolute Gasteiger partial charge is 0.207 e. The minimum Gasteiger partial charge on any atom is -0.342 e. The zero-order chi connectivity index (χ0) is 9.26. The first-order valence-electron chi connectivity index (χ1n) is 4.21. The SMILES string of the molecule is S=c1nc(N2CCCC2)[nH]c(=S)[nH]1. The Labute approximate surface area is 86.0 Å². The molecule has 1 aliphatic rings. The summed E-state index contributed by atoms with van der Waals surface area (Å²) in [6, 6.07) is 0. The first-order valence-corrected chi connectivity index (χ1v) is 5.03. The first-order chi connectivity index (χ1) is 6.25. The average molecular weight is 214 g/mol. The maximum atomic E-state index is 4.98. The molecule has 0 saturated carbocycles. The number of nitrogens with one attached hydrogen (secondary N) is 2. The van der Waals surface area contributed by atoms with Crippen molar-refractivity contribution in [3.63, 3.8) is 0 Å². The first kappa shape index (κ1) is 8.83. The number of anilines is 1. The van der Waals surface area contributed by atoms with Crippen LogP contribution in [-0.2, 0) is 0 Å². The molecule has 1 aromatic rings. The van der Waals surface area contributed by atoms with Gasteiger partial charge in [0, 0.05) is 13.1 Å². The van der Waals surface area contributed by atoms with Crippen LogP contribution in [0.4, 0.5) is 5.95 Å². The number of aromatic nitrogens is 3. The zero-order valence-corrected chi connectivity index (χ0v) is 8.67. The summed E-state index contributed by atoms with van der Waals surface area (Å²) in [4.78, 5) is 12.1. The minimum absolute atomic E-state index is 0.450. The highest BCUT2D eigenvalue weighted by molar-refractivity contribution is 7.71. The fourth-order valence-electron chi connectivity index (χ4n) is 1.46. The Balaban J connectivity index is 2.39. The van der Waals surface area contributed by atoms with Gasteiger partial charge in [0.25, 0.3) is 0 Å². The normalized spacial score (nSPS) is 16.5. The van der Waals surface area contributed by atoms with Crippen molar-refractivity contribution in [2.75, 3.05) is 18.0 Å². The second-order valence-electron chi connectivity index (χ2n) is 3.01. The van der Waals surface area contributed by atoms with Crippen LogP contribution < -0.4 is 4.90 Å². The van der Waals surface area contributed by atoms with Gasteiger partial charge in [-0.15, -0.1) is 0 Å². The summed E-state index contributed by atoms with van der Waals surface area (Å²) >= 11 is 9.92. The van der Waals surface area contributed by atoms with Gasteiger partial charge in [-0.05, 0) is 37.3 Å². The van der Waals surface area contributed by atoms with Gasteiger partial charge in [-0.1, -0.05) is 0 Å². The second kappa shape index (κ2) is 3.55. The van der Waals surface area contributed by atoms with Crippen molar-refractivity contribution >= 4 is 30.4 Å². The van der Waals surface area contributed by atoms with Gasteiger partial charge in [-0.3, -0.25) is 0 Å². The lowest BCUT2D eigenvalue weighted by atomic mass is 10.4. The Bertz CT molecular complexity index is 373. The van der Waals surface area contributed by atoms with Crippen molar-refractivity contribution in [2.24, 2.45) is 0 Å². The lowest BCUT2D eigenvalue weighted by Gasteiger charge is -2.14. The lowest BCUT2D eigenvalue weighted by Crippen LogP contribution is -2.20. The molecule has 0 spiro atoms. The molecular weight excluding hydrogens is 204 g/mol. The number of nitrogens with zero attached hydrogens (tertiary/aromatic N) is 2. The molecule has 1 aliphatic heterocycles. The van der Waals surface area contributed by atoms with E-state index < -0.39 is 0 Å². The maximum Gasteiger partial charge on any atom is 0.207 e. The van der Waals surface area contributed by atoms with Crippen molar-refractivity contribution in [3.05, 3.63) is 9.54 Å². The minimum atomic E-state index is 0.450. The fraction of sp³-hybridized carbons (Fsp3) is 0.571. The summed E-state index contributed by atoms with van der Waals surface area (Å²) in [6.07, 6.45) is 2.43.